The highest BCUT2D eigenvalue weighted by Crippen LogP contribution is 2.43. The largest absolute Gasteiger partial charge is 0.480 e. The Kier molecular flexibility index (Phi) is 38.0. The minimum absolute atomic E-state index is 0.144. The number of carboxylic acid groups (broad SMARTS) is 1. The Morgan fingerprint density at radius 2 is 1.02 bits per heavy atom. The van der Waals surface area contributed by atoms with Crippen LogP contribution >= 0.6 is 7.82 Å². The monoisotopic (exact) mass is 824 g/mol. The van der Waals surface area contributed by atoms with Crippen molar-refractivity contribution in [3.63, 3.8) is 0 Å². The molecule has 0 saturated carbocycles. The average molecular weight is 824 g/mol. The number of rotatable bonds is 40. The van der Waals surface area contributed by atoms with Crippen LogP contribution in [0.1, 0.15) is 174 Å². The number of ether oxygens (including phenoxy) is 1. The van der Waals surface area contributed by atoms with E-state index in [1.807, 2.05) is 0 Å². The molecule has 0 spiro atoms. The van der Waals surface area contributed by atoms with E-state index < -0.39 is 57.6 Å². The second-order valence-electron chi connectivity index (χ2n) is 14.5. The van der Waals surface area contributed by atoms with Gasteiger partial charge in [-0.25, -0.2) is 9.36 Å². The number of aliphatic carboxylic acids is 1. The van der Waals surface area contributed by atoms with Crippen molar-refractivity contribution in [2.45, 2.75) is 187 Å². The maximum Gasteiger partial charge on any atom is 0.472 e. The van der Waals surface area contributed by atoms with Gasteiger partial charge in [-0.3, -0.25) is 18.6 Å². The molecule has 11 nitrogen and oxygen atoms in total. The van der Waals surface area contributed by atoms with Crippen LogP contribution < -0.4 is 5.32 Å². The lowest BCUT2D eigenvalue weighted by atomic mass is 10.0. The molecule has 0 aliphatic carbocycles. The van der Waals surface area contributed by atoms with Crippen LogP contribution in [0.3, 0.4) is 0 Å². The number of carboxylic acids is 1. The molecule has 3 unspecified atom stereocenters. The number of allylic oxidation sites excluding steroid dienone is 10. The summed E-state index contributed by atoms with van der Waals surface area (Å²) >= 11 is 0. The molecule has 3 atom stereocenters. The average Bonchev–Trinajstić information content (AvgIpc) is 3.18. The number of hydrogen-bond acceptors (Lipinski definition) is 8. The number of aliphatic hydroxyl groups excluding tert-OH is 1. The quantitative estimate of drug-likeness (QED) is 0.0202. The van der Waals surface area contributed by atoms with Gasteiger partial charge in [-0.1, -0.05) is 164 Å². The molecule has 0 aromatic carbocycles. The van der Waals surface area contributed by atoms with Gasteiger partial charge in [-0.2, -0.15) is 0 Å². The summed E-state index contributed by atoms with van der Waals surface area (Å²) < 4.78 is 26.8. The molecule has 0 heterocycles. The van der Waals surface area contributed by atoms with E-state index in [2.05, 4.69) is 79.9 Å². The zero-order valence-corrected chi connectivity index (χ0v) is 36.3. The van der Waals surface area contributed by atoms with Crippen LogP contribution in [0.25, 0.3) is 0 Å². The second-order valence-corrected chi connectivity index (χ2v) is 16.0. The third-order valence-electron chi connectivity index (χ3n) is 9.07. The lowest BCUT2D eigenvalue weighted by Crippen LogP contribution is -2.43. The number of nitrogens with one attached hydrogen (secondary N) is 1. The molecular weight excluding hydrogens is 745 g/mol. The molecule has 0 radical (unpaired) electrons. The molecule has 1 amide bonds. The fourth-order valence-corrected chi connectivity index (χ4v) is 6.47. The van der Waals surface area contributed by atoms with E-state index in [0.717, 1.165) is 70.6 Å². The van der Waals surface area contributed by atoms with Crippen molar-refractivity contribution in [2.24, 2.45) is 0 Å². The van der Waals surface area contributed by atoms with E-state index in [-0.39, 0.29) is 12.8 Å². The molecule has 0 fully saturated rings. The van der Waals surface area contributed by atoms with Crippen molar-refractivity contribution in [1.82, 2.24) is 5.32 Å². The highest BCUT2D eigenvalue weighted by molar-refractivity contribution is 7.47. The number of phosphoric ester groups is 1. The Hall–Kier alpha value is -2.82. The summed E-state index contributed by atoms with van der Waals surface area (Å²) in [4.78, 5) is 45.9. The van der Waals surface area contributed by atoms with Crippen LogP contribution in [0.2, 0.25) is 0 Å². The number of esters is 1. The fourth-order valence-electron chi connectivity index (χ4n) is 5.69. The third-order valence-corrected chi connectivity index (χ3v) is 10.0. The highest BCUT2D eigenvalue weighted by atomic mass is 31.2. The number of amides is 1. The summed E-state index contributed by atoms with van der Waals surface area (Å²) in [6, 6.07) is -1.55. The normalized spacial score (nSPS) is 14.3. The molecule has 4 N–H and O–H groups in total. The van der Waals surface area contributed by atoms with Crippen molar-refractivity contribution >= 4 is 25.7 Å². The topological polar surface area (TPSA) is 169 Å². The summed E-state index contributed by atoms with van der Waals surface area (Å²) in [5.41, 5.74) is 0. The Morgan fingerprint density at radius 3 is 1.53 bits per heavy atom. The summed E-state index contributed by atoms with van der Waals surface area (Å²) in [6.45, 7) is 2.44. The Labute approximate surface area is 345 Å². The first-order valence-electron chi connectivity index (χ1n) is 21.8. The lowest BCUT2D eigenvalue weighted by Gasteiger charge is -2.18. The van der Waals surface area contributed by atoms with Crippen LogP contribution in [-0.2, 0) is 32.7 Å². The van der Waals surface area contributed by atoms with Crippen LogP contribution in [-0.4, -0.2) is 64.9 Å². The first-order valence-corrected chi connectivity index (χ1v) is 23.3. The maximum absolute atomic E-state index is 12.3. The van der Waals surface area contributed by atoms with Gasteiger partial charge in [-0.15, -0.1) is 0 Å². The van der Waals surface area contributed by atoms with Gasteiger partial charge in [0.25, 0.3) is 0 Å². The van der Waals surface area contributed by atoms with Crippen LogP contribution in [0.5, 0.6) is 0 Å². The zero-order valence-electron chi connectivity index (χ0n) is 35.4. The molecule has 0 bridgehead atoms. The van der Waals surface area contributed by atoms with Crippen LogP contribution in [0, 0.1) is 0 Å². The Balaban J connectivity index is 3.96. The minimum Gasteiger partial charge on any atom is -0.480 e. The number of hydrogen-bond donors (Lipinski definition) is 4. The predicted molar refractivity (Wildman–Crippen MR) is 231 cm³/mol. The molecule has 0 aromatic rings. The van der Waals surface area contributed by atoms with Gasteiger partial charge in [0.2, 0.25) is 5.91 Å². The first-order chi connectivity index (χ1) is 27.6. The van der Waals surface area contributed by atoms with Crippen LogP contribution in [0.4, 0.5) is 0 Å². The molecular formula is C45H78NO10P. The van der Waals surface area contributed by atoms with E-state index >= 15 is 0 Å². The van der Waals surface area contributed by atoms with Crippen molar-refractivity contribution in [3.05, 3.63) is 60.8 Å². The Morgan fingerprint density at radius 1 is 0.579 bits per heavy atom. The molecule has 0 saturated heterocycles. The van der Waals surface area contributed by atoms with Gasteiger partial charge in [0, 0.05) is 12.8 Å². The smallest absolute Gasteiger partial charge is 0.472 e. The molecule has 57 heavy (non-hydrogen) atoms. The molecule has 12 heteroatoms. The number of aliphatic hydroxyl groups is 1. The Bertz CT molecular complexity index is 1200. The minimum atomic E-state index is -4.76. The maximum atomic E-state index is 12.3. The van der Waals surface area contributed by atoms with Gasteiger partial charge in [0.15, 0.2) is 6.04 Å². The SMILES string of the molecule is CC/C=C\C/C=C\C/C=C\C/C=C\C/C=C\CCCCCC(=O)OCC(O)COP(=O)(O)OCC(NC(=O)CCCCCCCCCCCCCCCC)C(=O)O. The standard InChI is InChI=1S/C45H78NO10P/c1-3-5-7-9-11-13-15-17-19-20-21-22-23-25-27-29-31-33-35-37-44(49)54-38-41(47)39-55-57(52,53)56-40-42(45(50)51)46-43(48)36-34-32-30-28-26-24-18-16-14-12-10-8-6-4-2/h5,7,11,13,17,19,21-22,25,27,41-42,47H,3-4,6,8-10,12,14-16,18,20,23-24,26,28-40H2,1-2H3,(H,46,48)(H,50,51)(H,52,53)/b7-5-,13-11-,19-17-,22-21-,27-25-. The van der Waals surface area contributed by atoms with Gasteiger partial charge < -0.3 is 25.2 Å². The van der Waals surface area contributed by atoms with Crippen molar-refractivity contribution in [2.75, 3.05) is 19.8 Å². The third kappa shape index (κ3) is 39.8. The summed E-state index contributed by atoms with van der Waals surface area (Å²) in [5.74, 6) is -2.41. The molecule has 328 valence electrons. The van der Waals surface area contributed by atoms with E-state index in [9.17, 15) is 34.1 Å². The summed E-state index contributed by atoms with van der Waals surface area (Å²) in [7, 11) is -4.76. The number of phosphoric acid groups is 1. The summed E-state index contributed by atoms with van der Waals surface area (Å²) in [6.07, 6.45) is 45.3. The lowest BCUT2D eigenvalue weighted by molar-refractivity contribution is -0.147. The summed E-state index contributed by atoms with van der Waals surface area (Å²) in [5, 5.41) is 21.8. The molecule has 0 aliphatic heterocycles. The molecule has 0 aromatic heterocycles. The van der Waals surface area contributed by atoms with Gasteiger partial charge in [-0.05, 0) is 57.8 Å². The van der Waals surface area contributed by atoms with Crippen molar-refractivity contribution < 1.29 is 47.8 Å². The predicted octanol–water partition coefficient (Wildman–Crippen LogP) is 11.2. The van der Waals surface area contributed by atoms with Crippen LogP contribution in [0.15, 0.2) is 60.8 Å². The number of unbranched alkanes of at least 4 members (excludes halogenated alkanes) is 16. The van der Waals surface area contributed by atoms with Crippen molar-refractivity contribution in [3.8, 4) is 0 Å². The second kappa shape index (κ2) is 40.0. The highest BCUT2D eigenvalue weighted by Gasteiger charge is 2.28. The number of carbonyl (C=O) groups excluding carboxylic acids is 2. The van der Waals surface area contributed by atoms with E-state index in [1.165, 1.54) is 64.2 Å². The van der Waals surface area contributed by atoms with E-state index in [0.29, 0.717) is 12.8 Å². The van der Waals surface area contributed by atoms with Crippen molar-refractivity contribution in [1.29, 1.82) is 0 Å². The van der Waals surface area contributed by atoms with E-state index in [1.54, 1.807) is 0 Å². The van der Waals surface area contributed by atoms with Gasteiger partial charge >= 0.3 is 19.8 Å². The molecule has 0 aliphatic rings. The number of carbonyl (C=O) groups is 3. The first kappa shape index (κ1) is 54.2. The fraction of sp³-hybridized carbons (Fsp3) is 0.711. The van der Waals surface area contributed by atoms with E-state index in [4.69, 9.17) is 13.8 Å². The molecule has 0 rings (SSSR count). The zero-order chi connectivity index (χ0) is 42.1. The van der Waals surface area contributed by atoms with Gasteiger partial charge in [0.05, 0.1) is 13.2 Å². The van der Waals surface area contributed by atoms with Gasteiger partial charge in [0.1, 0.15) is 12.7 Å².